The molecule has 4 heterocycles. The lowest BCUT2D eigenvalue weighted by Gasteiger charge is -2.19. The van der Waals surface area contributed by atoms with E-state index in [1.54, 1.807) is 29.4 Å². The molecule has 0 bridgehead atoms. The van der Waals surface area contributed by atoms with Gasteiger partial charge in [0.25, 0.3) is 11.6 Å². The van der Waals surface area contributed by atoms with Gasteiger partial charge in [-0.1, -0.05) is 17.4 Å². The summed E-state index contributed by atoms with van der Waals surface area (Å²) < 4.78 is 12.6. The Morgan fingerprint density at radius 2 is 1.94 bits per heavy atom. The molecule has 11 heteroatoms. The zero-order valence-electron chi connectivity index (χ0n) is 17.3. The number of thiophene rings is 1. The Balaban J connectivity index is 1.42. The second-order valence-electron chi connectivity index (χ2n) is 7.51. The van der Waals surface area contributed by atoms with Crippen molar-refractivity contribution in [3.63, 3.8) is 0 Å². The summed E-state index contributed by atoms with van der Waals surface area (Å²) in [6.45, 7) is 0.447. The molecule has 1 aliphatic heterocycles. The Kier molecular flexibility index (Phi) is 4.85. The first-order chi connectivity index (χ1) is 16.5. The molecule has 6 rings (SSSR count). The average Bonchev–Trinajstić information content (AvgIpc) is 3.57. The van der Waals surface area contributed by atoms with E-state index in [0.29, 0.717) is 32.4 Å². The molecule has 5 aromatic rings. The number of fused-ring (bicyclic) bond motifs is 3. The van der Waals surface area contributed by atoms with Gasteiger partial charge in [0.2, 0.25) is 6.79 Å². The molecule has 0 radical (unpaired) electrons. The summed E-state index contributed by atoms with van der Waals surface area (Å²) in [5.74, 6) is 1.03. The van der Waals surface area contributed by atoms with Gasteiger partial charge in [-0.25, -0.2) is 4.98 Å². The van der Waals surface area contributed by atoms with Crippen LogP contribution in [0, 0.1) is 10.1 Å². The summed E-state index contributed by atoms with van der Waals surface area (Å²) in [5, 5.41) is 12.3. The zero-order valence-corrected chi connectivity index (χ0v) is 19.0. The summed E-state index contributed by atoms with van der Waals surface area (Å²) in [4.78, 5) is 35.4. The second kappa shape index (κ2) is 8.04. The van der Waals surface area contributed by atoms with Gasteiger partial charge in [0.1, 0.15) is 0 Å². The van der Waals surface area contributed by atoms with Crippen LogP contribution in [0.3, 0.4) is 0 Å². The van der Waals surface area contributed by atoms with Gasteiger partial charge in [-0.15, -0.1) is 11.3 Å². The van der Waals surface area contributed by atoms with Crippen molar-refractivity contribution in [2.24, 2.45) is 0 Å². The molecule has 0 N–H and O–H groups in total. The lowest BCUT2D eigenvalue weighted by atomic mass is 10.2. The minimum Gasteiger partial charge on any atom is -0.454 e. The van der Waals surface area contributed by atoms with E-state index in [1.807, 2.05) is 24.3 Å². The molecule has 1 aliphatic rings. The number of non-ortho nitro benzene ring substituents is 1. The fraction of sp³-hybridized carbons (Fsp3) is 0.0870. The highest BCUT2D eigenvalue weighted by Crippen LogP contribution is 2.40. The van der Waals surface area contributed by atoms with Gasteiger partial charge < -0.3 is 9.47 Å². The zero-order chi connectivity index (χ0) is 23.2. The van der Waals surface area contributed by atoms with Gasteiger partial charge in [0.15, 0.2) is 16.6 Å². The number of amides is 1. The molecule has 0 atom stereocenters. The van der Waals surface area contributed by atoms with Crippen LogP contribution in [0.15, 0.2) is 60.9 Å². The van der Waals surface area contributed by atoms with Crippen molar-refractivity contribution in [2.75, 3.05) is 11.7 Å². The molecule has 168 valence electrons. The maximum absolute atomic E-state index is 13.7. The highest BCUT2D eigenvalue weighted by molar-refractivity contribution is 7.23. The summed E-state index contributed by atoms with van der Waals surface area (Å²) in [6, 6.07) is 13.7. The van der Waals surface area contributed by atoms with E-state index >= 15 is 0 Å². The number of nitro groups is 1. The third kappa shape index (κ3) is 3.60. The van der Waals surface area contributed by atoms with Gasteiger partial charge in [-0.05, 0) is 23.8 Å². The summed E-state index contributed by atoms with van der Waals surface area (Å²) in [7, 11) is 0. The molecule has 34 heavy (non-hydrogen) atoms. The summed E-state index contributed by atoms with van der Waals surface area (Å²) in [5.41, 5.74) is 1.54. The van der Waals surface area contributed by atoms with Crippen LogP contribution in [0.2, 0.25) is 0 Å². The molecule has 0 aliphatic carbocycles. The van der Waals surface area contributed by atoms with Crippen LogP contribution >= 0.6 is 22.7 Å². The highest BCUT2D eigenvalue weighted by Gasteiger charge is 2.25. The Bertz CT molecular complexity index is 1540. The van der Waals surface area contributed by atoms with Crippen molar-refractivity contribution in [1.82, 2.24) is 9.97 Å². The number of carbonyl (C=O) groups is 1. The third-order valence-corrected chi connectivity index (χ3v) is 7.48. The maximum Gasteiger partial charge on any atom is 0.270 e. The number of nitrogens with zero attached hydrogens (tertiary/aromatic N) is 4. The minimum absolute atomic E-state index is 0.0137. The largest absolute Gasteiger partial charge is 0.454 e. The number of aromatic nitrogens is 2. The Morgan fingerprint density at radius 3 is 2.74 bits per heavy atom. The predicted octanol–water partition coefficient (Wildman–Crippen LogP) is 5.39. The van der Waals surface area contributed by atoms with Crippen molar-refractivity contribution in [2.45, 2.75) is 6.54 Å². The van der Waals surface area contributed by atoms with Crippen LogP contribution in [-0.2, 0) is 6.54 Å². The smallest absolute Gasteiger partial charge is 0.270 e. The molecule has 1 amide bonds. The molecule has 9 nitrogen and oxygen atoms in total. The van der Waals surface area contributed by atoms with Crippen molar-refractivity contribution < 1.29 is 19.2 Å². The molecule has 0 saturated carbocycles. The van der Waals surface area contributed by atoms with Crippen molar-refractivity contribution in [3.05, 3.63) is 81.5 Å². The molecule has 3 aromatic heterocycles. The number of hydrogen-bond acceptors (Lipinski definition) is 9. The molecular weight excluding hydrogens is 476 g/mol. The first-order valence-electron chi connectivity index (χ1n) is 10.1. The first kappa shape index (κ1) is 20.5. The van der Waals surface area contributed by atoms with E-state index < -0.39 is 4.92 Å². The fourth-order valence-corrected chi connectivity index (χ4v) is 5.67. The number of anilines is 1. The summed E-state index contributed by atoms with van der Waals surface area (Å²) >= 11 is 2.67. The highest BCUT2D eigenvalue weighted by atomic mass is 32.1. The number of nitro benzene ring substituents is 1. The van der Waals surface area contributed by atoms with E-state index in [9.17, 15) is 14.9 Å². The SMILES string of the molecule is O=C(c1cc2cc([N+](=O)[O-])ccc2s1)N(Cc1cccnc1)c1nc2cc3c(cc2s1)OCO3. The average molecular weight is 491 g/mol. The van der Waals surface area contributed by atoms with E-state index in [0.717, 1.165) is 15.0 Å². The van der Waals surface area contributed by atoms with Crippen LogP contribution in [0.4, 0.5) is 10.8 Å². The molecular formula is C23H14N4O5S2. The van der Waals surface area contributed by atoms with Crippen LogP contribution in [0.1, 0.15) is 15.2 Å². The van der Waals surface area contributed by atoms with Gasteiger partial charge in [0.05, 0.1) is 26.6 Å². The van der Waals surface area contributed by atoms with Crippen molar-refractivity contribution in [3.8, 4) is 11.5 Å². The van der Waals surface area contributed by atoms with Crippen LogP contribution in [-0.4, -0.2) is 27.6 Å². The van der Waals surface area contributed by atoms with Crippen LogP contribution in [0.5, 0.6) is 11.5 Å². The number of thiazole rings is 1. The first-order valence-corrected chi connectivity index (χ1v) is 11.8. The number of pyridine rings is 1. The standard InChI is InChI=1S/C23H14N4O5S2/c28-22(21-7-14-6-15(27(29)30)3-4-19(14)33-21)26(11-13-2-1-5-24-10-13)23-25-16-8-17-18(32-12-31-17)9-20(16)34-23/h1-10H,11-12H2. The summed E-state index contributed by atoms with van der Waals surface area (Å²) in [6.07, 6.45) is 3.38. The van der Waals surface area contributed by atoms with Gasteiger partial charge >= 0.3 is 0 Å². The Hall–Kier alpha value is -4.09. The fourth-order valence-electron chi connectivity index (χ4n) is 3.70. The van der Waals surface area contributed by atoms with Crippen LogP contribution in [0.25, 0.3) is 20.3 Å². The van der Waals surface area contributed by atoms with Gasteiger partial charge in [-0.2, -0.15) is 0 Å². The quantitative estimate of drug-likeness (QED) is 0.240. The lowest BCUT2D eigenvalue weighted by molar-refractivity contribution is -0.384. The normalized spacial score (nSPS) is 12.4. The van der Waals surface area contributed by atoms with Crippen molar-refractivity contribution in [1.29, 1.82) is 0 Å². The number of carbonyl (C=O) groups excluding carboxylic acids is 1. The number of rotatable bonds is 5. The van der Waals surface area contributed by atoms with Gasteiger partial charge in [-0.3, -0.25) is 24.8 Å². The molecule has 2 aromatic carbocycles. The number of ether oxygens (including phenoxy) is 2. The van der Waals surface area contributed by atoms with E-state index in [-0.39, 0.29) is 24.9 Å². The van der Waals surface area contributed by atoms with Crippen LogP contribution < -0.4 is 14.4 Å². The van der Waals surface area contributed by atoms with E-state index in [2.05, 4.69) is 4.98 Å². The van der Waals surface area contributed by atoms with Crippen molar-refractivity contribution >= 4 is 59.7 Å². The third-order valence-electron chi connectivity index (χ3n) is 5.33. The predicted molar refractivity (Wildman–Crippen MR) is 129 cm³/mol. The van der Waals surface area contributed by atoms with E-state index in [4.69, 9.17) is 14.5 Å². The molecule has 0 fully saturated rings. The Labute approximate surface area is 200 Å². The number of hydrogen-bond donors (Lipinski definition) is 0. The van der Waals surface area contributed by atoms with E-state index in [1.165, 1.54) is 34.8 Å². The number of benzene rings is 2. The molecule has 0 unspecified atom stereocenters. The minimum atomic E-state index is -0.445. The molecule has 0 saturated heterocycles. The lowest BCUT2D eigenvalue weighted by Crippen LogP contribution is -2.29. The Morgan fingerprint density at radius 1 is 1.09 bits per heavy atom. The topological polar surface area (TPSA) is 108 Å². The molecule has 0 spiro atoms. The monoisotopic (exact) mass is 490 g/mol. The maximum atomic E-state index is 13.7. The second-order valence-corrected chi connectivity index (χ2v) is 9.60. The van der Waals surface area contributed by atoms with Gasteiger partial charge in [0, 0.05) is 46.7 Å².